The first-order valence-electron chi connectivity index (χ1n) is 41.2. The summed E-state index contributed by atoms with van der Waals surface area (Å²) in [6.07, 6.45) is -28.9. The van der Waals surface area contributed by atoms with Gasteiger partial charge in [-0.2, -0.15) is 13.2 Å². The van der Waals surface area contributed by atoms with Crippen molar-refractivity contribution in [2.24, 2.45) is 0 Å². The number of phenolic OH excluding ortho intramolecular Hbond substituents is 3. The van der Waals surface area contributed by atoms with Crippen molar-refractivity contribution in [1.29, 1.82) is 0 Å². The Labute approximate surface area is 831 Å². The fourth-order valence-corrected chi connectivity index (χ4v) is 11.0. The summed E-state index contributed by atoms with van der Waals surface area (Å²) >= 11 is 5.45. The fourth-order valence-electron chi connectivity index (χ4n) is 10.8. The number of hydrogen-bond donors (Lipinski definition) is 7. The molecule has 11 aromatic carbocycles. The van der Waals surface area contributed by atoms with E-state index in [1.807, 2.05) is 0 Å². The Kier molecular flexibility index (Phi) is 42.6. The number of phenols is 3. The van der Waals surface area contributed by atoms with E-state index in [1.54, 1.807) is 45.2 Å². The second kappa shape index (κ2) is 54.4. The number of H-pyrrole nitrogens is 2. The summed E-state index contributed by atoms with van der Waals surface area (Å²) < 4.78 is 354. The number of rotatable bonds is 32. The number of ether oxygens (including phenoxy) is 15. The molecular weight excluding hydrogens is 2100 g/mol. The minimum Gasteiger partial charge on any atom is -0.508 e. The van der Waals surface area contributed by atoms with Gasteiger partial charge in [-0.25, -0.2) is 56.0 Å². The number of carbonyl (C=O) groups excluding carboxylic acids is 2. The molecule has 3 heterocycles. The SMILES string of the molecule is CCOC(=O)c1[nH]nnc1Oc1ccc(F)c(OCc2ccc(OC(F)(F)F)cc2)c1.CCOC(=O)c1nnn(Cc2ccc(OC)cc2)c1Oc1ccc(F)c(OCc2ccc(OC(F)(F)F)cc2)c1.FC(F)(F)Oc1ccc(CCl)cc1.O=C(O)C(F)(F)F.O=C(O)c1[nH]nnc1Oc1ccc(F)c(OCc2ccc(OC(F)(F)F)cc2)c1.Oc1ccc(F)c(O)c1.Oc1ccc(F)c(OCc2ccc(OC(F)(F)F)cc2)c1. The summed E-state index contributed by atoms with van der Waals surface area (Å²) in [6.45, 7) is 3.18. The molecule has 0 unspecified atom stereocenters. The quantitative estimate of drug-likeness (QED) is 0.0117. The highest BCUT2D eigenvalue weighted by Crippen LogP contribution is 2.37. The highest BCUT2D eigenvalue weighted by atomic mass is 35.5. The van der Waals surface area contributed by atoms with Crippen LogP contribution in [0, 0.1) is 29.1 Å². The Morgan fingerprint density at radius 3 is 0.967 bits per heavy atom. The number of carbonyl (C=O) groups is 4. The molecule has 0 spiro atoms. The molecule has 0 aliphatic heterocycles. The van der Waals surface area contributed by atoms with E-state index < -0.39 is 114 Å². The van der Waals surface area contributed by atoms with Crippen LogP contribution in [0.2, 0.25) is 0 Å². The second-order valence-electron chi connectivity index (χ2n) is 28.4. The summed E-state index contributed by atoms with van der Waals surface area (Å²) in [5.74, 6) is -11.8. The number of alkyl halides is 19. The number of halogens is 24. The highest BCUT2D eigenvalue weighted by Gasteiger charge is 2.39. The molecule has 800 valence electrons. The lowest BCUT2D eigenvalue weighted by Gasteiger charge is -2.13. The molecule has 57 heteroatoms. The van der Waals surface area contributed by atoms with Crippen LogP contribution in [0.5, 0.6) is 110 Å². The Bertz CT molecular complexity index is 6690. The molecule has 33 nitrogen and oxygen atoms in total. The molecule has 0 radical (unpaired) electrons. The van der Waals surface area contributed by atoms with Crippen LogP contribution in [-0.2, 0) is 53.1 Å². The number of hydrogen-bond acceptors (Lipinski definition) is 28. The number of aromatic amines is 2. The van der Waals surface area contributed by atoms with E-state index >= 15 is 0 Å². The fraction of sp³-hybridized carbons (Fsp3) is 0.183. The van der Waals surface area contributed by atoms with Gasteiger partial charge >= 0.3 is 61.9 Å². The van der Waals surface area contributed by atoms with Gasteiger partial charge in [-0.15, -0.1) is 82.6 Å². The lowest BCUT2D eigenvalue weighted by atomic mass is 10.2. The third-order valence-electron chi connectivity index (χ3n) is 17.3. The Morgan fingerprint density at radius 2 is 0.647 bits per heavy atom. The first kappa shape index (κ1) is 117. The summed E-state index contributed by atoms with van der Waals surface area (Å²) in [5.41, 5.74) is 2.78. The van der Waals surface area contributed by atoms with Crippen LogP contribution in [0.1, 0.15) is 78.7 Å². The molecule has 0 bridgehead atoms. The van der Waals surface area contributed by atoms with Gasteiger partial charge in [-0.05, 0) is 181 Å². The number of carboxylic acid groups (broad SMARTS) is 2. The largest absolute Gasteiger partial charge is 0.573 e. The number of esters is 2. The summed E-state index contributed by atoms with van der Waals surface area (Å²) in [5, 5.41) is 68.8. The molecule has 3 aromatic heterocycles. The van der Waals surface area contributed by atoms with Crippen molar-refractivity contribution in [3.05, 3.63) is 316 Å². The van der Waals surface area contributed by atoms with E-state index in [0.717, 1.165) is 114 Å². The number of nitrogens with zero attached hydrogens (tertiary/aromatic N) is 7. The average Bonchev–Trinajstić information content (AvgIpc) is 1.67. The lowest BCUT2D eigenvalue weighted by Crippen LogP contribution is -2.21. The number of nitrogens with one attached hydrogen (secondary N) is 2. The van der Waals surface area contributed by atoms with Gasteiger partial charge in [-0.1, -0.05) is 98.6 Å². The predicted octanol–water partition coefficient (Wildman–Crippen LogP) is 23.4. The Balaban J connectivity index is 0.000000226. The van der Waals surface area contributed by atoms with Gasteiger partial charge in [0.1, 0.15) is 89.7 Å². The number of aromatic hydroxyl groups is 3. The third-order valence-corrected chi connectivity index (χ3v) is 17.6. The lowest BCUT2D eigenvalue weighted by molar-refractivity contribution is -0.275. The number of aromatic carboxylic acids is 1. The number of carboxylic acids is 2. The number of aromatic nitrogens is 9. The molecule has 14 rings (SSSR count). The van der Waals surface area contributed by atoms with Gasteiger partial charge in [-0.3, -0.25) is 0 Å². The molecule has 14 aromatic rings. The van der Waals surface area contributed by atoms with Crippen molar-refractivity contribution in [3.8, 4) is 110 Å². The monoisotopic (exact) mass is 2170 g/mol. The summed E-state index contributed by atoms with van der Waals surface area (Å²) in [4.78, 5) is 44.2. The van der Waals surface area contributed by atoms with Crippen LogP contribution in [0.25, 0.3) is 0 Å². The van der Waals surface area contributed by atoms with E-state index in [4.69, 9.17) is 84.2 Å². The predicted molar refractivity (Wildman–Crippen MR) is 467 cm³/mol. The van der Waals surface area contributed by atoms with Crippen molar-refractivity contribution in [2.75, 3.05) is 20.3 Å². The zero-order valence-electron chi connectivity index (χ0n) is 75.9. The maximum Gasteiger partial charge on any atom is 0.573 e. The molecule has 0 aliphatic carbocycles. The molecule has 0 aliphatic rings. The van der Waals surface area contributed by atoms with Crippen molar-refractivity contribution in [2.45, 2.75) is 90.7 Å². The van der Waals surface area contributed by atoms with Gasteiger partial charge in [0.15, 0.2) is 57.8 Å². The molecule has 0 amide bonds. The number of benzene rings is 11. The average molecular weight is 2170 g/mol. The molecule has 0 atom stereocenters. The van der Waals surface area contributed by atoms with Crippen molar-refractivity contribution >= 4 is 35.5 Å². The van der Waals surface area contributed by atoms with Crippen LogP contribution in [-0.4, -0.2) is 154 Å². The summed E-state index contributed by atoms with van der Waals surface area (Å²) in [6, 6.07) is 49.4. The maximum atomic E-state index is 14.5. The Morgan fingerprint density at radius 1 is 0.353 bits per heavy atom. The van der Waals surface area contributed by atoms with Crippen molar-refractivity contribution < 1.29 is 217 Å². The second-order valence-corrected chi connectivity index (χ2v) is 28.6. The van der Waals surface area contributed by atoms with Crippen LogP contribution >= 0.6 is 11.6 Å². The summed E-state index contributed by atoms with van der Waals surface area (Å²) in [7, 11) is 1.55. The standard InChI is InChI=1S/C27H23F4N3O6.C19H15F4N3O5.C17H11F4N3O5.C14H10F4O3.C8H6ClF3O.C6H5FO2.C2HF3O2/c1-3-37-26(35)24-25(34(33-32-24)15-17-4-8-19(36-2)9-5-17)39-21-12-13-22(28)23(14-21)38-16-18-6-10-20(11-7-18)40-27(29,30)31;1-2-28-18(27)16-17(25-26-24-16)30-13-7-8-14(20)15(9-13)29-10-11-3-5-12(6-4-11)31-19(21,22)23;18-12-6-5-11(28-15-14(16(25)26)22-24-23-15)7-13(12)27-8-9-1-3-10(4-2-9)29-17(19,20)21;15-12-6-3-10(19)7-13(12)20-8-9-1-4-11(5-2-9)21-14(16,17)18;9-5-6-1-3-7(4-2-6)13-8(10,11)12;7-5-2-1-4(8)3-6(5)9;3-2(4,5)1(6)7/h4-14H,3,15-16H2,1-2H3;3-9H,2,10H2,1H3,(H,24,25,26);1-7H,8H2,(H,25,26)(H,22,23,24);1-7,19H,8H2;1-4H,5H2;1-3,8-9H;(H,6,7). The van der Waals surface area contributed by atoms with E-state index in [1.165, 1.54) is 114 Å². The van der Waals surface area contributed by atoms with E-state index in [9.17, 15) is 120 Å². The molecule has 150 heavy (non-hydrogen) atoms. The van der Waals surface area contributed by atoms with E-state index in [-0.39, 0.29) is 150 Å². The minimum absolute atomic E-state index is 0.0340. The van der Waals surface area contributed by atoms with Gasteiger partial charge in [0.05, 0.1) is 26.9 Å². The van der Waals surface area contributed by atoms with Crippen molar-refractivity contribution in [3.63, 3.8) is 0 Å². The van der Waals surface area contributed by atoms with Crippen LogP contribution in [0.15, 0.2) is 237 Å². The Hall–Kier alpha value is -17.8. The van der Waals surface area contributed by atoms with Gasteiger partial charge in [0.2, 0.25) is 17.1 Å². The smallest absolute Gasteiger partial charge is 0.508 e. The molecule has 0 fully saturated rings. The zero-order valence-corrected chi connectivity index (χ0v) is 76.6. The van der Waals surface area contributed by atoms with E-state index in [0.29, 0.717) is 28.0 Å². The van der Waals surface area contributed by atoms with E-state index in [2.05, 4.69) is 64.8 Å². The van der Waals surface area contributed by atoms with Crippen LogP contribution < -0.4 is 61.6 Å². The first-order chi connectivity index (χ1) is 70.6. The van der Waals surface area contributed by atoms with Gasteiger partial charge in [0.25, 0.3) is 17.6 Å². The van der Waals surface area contributed by atoms with Crippen LogP contribution in [0.3, 0.4) is 0 Å². The molecule has 7 N–H and O–H groups in total. The zero-order chi connectivity index (χ0) is 110. The van der Waals surface area contributed by atoms with Gasteiger partial charge in [0, 0.05) is 36.2 Å². The first-order valence-corrected chi connectivity index (χ1v) is 41.8. The molecular formula is C93H71ClF23N9O24. The molecule has 0 saturated carbocycles. The topological polar surface area (TPSA) is 422 Å². The minimum atomic E-state index is -5.08. The maximum absolute atomic E-state index is 14.5. The third kappa shape index (κ3) is 41.4. The van der Waals surface area contributed by atoms with Crippen LogP contribution in [0.4, 0.5) is 101 Å². The molecule has 0 saturated heterocycles. The highest BCUT2D eigenvalue weighted by molar-refractivity contribution is 6.17. The number of aliphatic carboxylic acids is 1. The number of methoxy groups -OCH3 is 1. The van der Waals surface area contributed by atoms with Crippen molar-refractivity contribution in [1.82, 2.24) is 45.8 Å². The normalized spacial score (nSPS) is 11.1. The van der Waals surface area contributed by atoms with Gasteiger partial charge < -0.3 is 96.6 Å².